The van der Waals surface area contributed by atoms with Gasteiger partial charge in [-0.1, -0.05) is 25.4 Å². The van der Waals surface area contributed by atoms with Gasteiger partial charge in [0.15, 0.2) is 7.23 Å². The number of piperidine rings is 1. The second kappa shape index (κ2) is 8.84. The zero-order chi connectivity index (χ0) is 30.2. The van der Waals surface area contributed by atoms with Gasteiger partial charge in [0.1, 0.15) is 24.4 Å². The van der Waals surface area contributed by atoms with Crippen LogP contribution in [-0.2, 0) is 6.52 Å². The molecule has 2 aromatic heterocycles. The molecule has 4 rings (SSSR count). The minimum absolute atomic E-state index is 0.00813. The number of anilines is 1. The zero-order valence-electron chi connectivity index (χ0n) is 26.0. The van der Waals surface area contributed by atoms with Crippen LogP contribution in [0.2, 0.25) is 6.43 Å². The van der Waals surface area contributed by atoms with Crippen LogP contribution in [0.1, 0.15) is 60.8 Å². The quantitative estimate of drug-likeness (QED) is 0.548. The molecule has 0 radical (unpaired) electrons. The lowest BCUT2D eigenvalue weighted by molar-refractivity contribution is 0.211. The molecule has 1 atom stereocenters. The largest absolute Gasteiger partial charge is 0.367 e. The molecule has 1 saturated heterocycles. The highest BCUT2D eigenvalue weighted by Crippen LogP contribution is 2.33. The van der Waals surface area contributed by atoms with Gasteiger partial charge in [-0.25, -0.2) is 14.4 Å². The van der Waals surface area contributed by atoms with Gasteiger partial charge in [-0.3, -0.25) is 4.90 Å². The molecule has 5 nitrogen and oxygen atoms in total. The van der Waals surface area contributed by atoms with Gasteiger partial charge >= 0.3 is 0 Å². The Hall–Kier alpha value is -2.27. The fourth-order valence-electron chi connectivity index (χ4n) is 2.78. The lowest BCUT2D eigenvalue weighted by Crippen LogP contribution is -2.38. The number of hydrogen-bond donors (Lipinski definition) is 1. The minimum atomic E-state index is -2.99. The summed E-state index contributed by atoms with van der Waals surface area (Å²) >= 11 is 6.79. The summed E-state index contributed by atoms with van der Waals surface area (Å²) in [5, 5.41) is 8.87. The molecule has 1 aromatic carbocycles. The van der Waals surface area contributed by atoms with Crippen LogP contribution in [0, 0.1) is 17.1 Å². The second-order valence-electron chi connectivity index (χ2n) is 6.71. The number of nitriles is 1. The zero-order valence-corrected chi connectivity index (χ0v) is 17.6. The van der Waals surface area contributed by atoms with Crippen molar-refractivity contribution in [2.24, 2.45) is 0 Å². The summed E-state index contributed by atoms with van der Waals surface area (Å²) in [6.07, 6.45) is -6.30. The summed E-state index contributed by atoms with van der Waals surface area (Å²) in [6, 6.07) is 0.548. The van der Waals surface area contributed by atoms with Crippen LogP contribution < -0.4 is 5.31 Å². The molecule has 0 saturated carbocycles. The van der Waals surface area contributed by atoms with Gasteiger partial charge in [0, 0.05) is 38.7 Å². The van der Waals surface area contributed by atoms with Crippen LogP contribution in [0.5, 0.6) is 0 Å². The molecule has 156 valence electrons. The lowest BCUT2D eigenvalue weighted by Gasteiger charge is -2.32. The molecule has 3 heterocycles. The Balaban J connectivity index is 1.80. The van der Waals surface area contributed by atoms with Crippen molar-refractivity contribution in [3.63, 3.8) is 0 Å². The first-order valence-electron chi connectivity index (χ1n) is 13.9. The Labute approximate surface area is 198 Å². The van der Waals surface area contributed by atoms with Gasteiger partial charge in [0.2, 0.25) is 0 Å². The van der Waals surface area contributed by atoms with Crippen molar-refractivity contribution in [1.29, 1.82) is 5.26 Å². The van der Waals surface area contributed by atoms with Crippen molar-refractivity contribution in [2.75, 3.05) is 18.4 Å². The number of fused-ring (bicyclic) bond motifs is 1. The number of halogens is 2. The number of thiophene rings is 1. The summed E-state index contributed by atoms with van der Waals surface area (Å²) in [5.41, 5.74) is -0.431. The summed E-state index contributed by atoms with van der Waals surface area (Å²) in [7, 11) is 0. The molecule has 8 heteroatoms. The first-order chi connectivity index (χ1) is 18.3. The predicted octanol–water partition coefficient (Wildman–Crippen LogP) is 5.56. The Morgan fingerprint density at radius 2 is 2.33 bits per heavy atom. The van der Waals surface area contributed by atoms with Gasteiger partial charge in [-0.05, 0) is 42.4 Å². The van der Waals surface area contributed by atoms with E-state index in [1.54, 1.807) is 6.07 Å². The molecule has 0 aliphatic carbocycles. The number of benzene rings is 1. The number of likely N-dealkylation sites (tertiary alicyclic amines) is 1. The summed E-state index contributed by atoms with van der Waals surface area (Å²) in [4.78, 5) is 9.22. The molecular weight excluding hydrogens is 421 g/mol. The topological polar surface area (TPSA) is 64.8 Å². The molecule has 1 unspecified atom stereocenters. The van der Waals surface area contributed by atoms with Crippen LogP contribution >= 0.6 is 22.9 Å². The molecule has 1 fully saturated rings. The van der Waals surface area contributed by atoms with E-state index < -0.39 is 72.8 Å². The van der Waals surface area contributed by atoms with Crippen molar-refractivity contribution < 1.29 is 18.1 Å². The van der Waals surface area contributed by atoms with Gasteiger partial charge < -0.3 is 5.31 Å². The van der Waals surface area contributed by atoms with E-state index in [4.69, 9.17) is 25.3 Å². The maximum atomic E-state index is 14.1. The average Bonchev–Trinajstić information content (AvgIpc) is 3.18. The molecular formula is C22H23ClFN5S. The van der Waals surface area contributed by atoms with Crippen LogP contribution in [0.15, 0.2) is 24.5 Å². The molecule has 30 heavy (non-hydrogen) atoms. The summed E-state index contributed by atoms with van der Waals surface area (Å²) in [6.45, 7) is 0.130. The highest BCUT2D eigenvalue weighted by atomic mass is 35.5. The number of nitrogens with one attached hydrogen (secondary N) is 1. The van der Waals surface area contributed by atoms with E-state index >= 15 is 0 Å². The summed E-state index contributed by atoms with van der Waals surface area (Å²) in [5.74, 6) is -2.75. The predicted molar refractivity (Wildman–Crippen MR) is 120 cm³/mol. The minimum Gasteiger partial charge on any atom is -0.367 e. The highest BCUT2D eigenvalue weighted by molar-refractivity contribution is 7.18. The molecule has 1 aliphatic heterocycles. The molecule has 3 aromatic rings. The van der Waals surface area contributed by atoms with Crippen LogP contribution in [0.3, 0.4) is 0 Å². The standard InChI is InChI=1S/C22H23ClFN5S/c1-13(2)19-9-17-21(26-12-27-22(17)30-19)28-16-3-5-29(6-4-16)11-14-7-15(10-25)20(24)18(23)8-14/h7-9,12-13,16H,3-6,11H2,1-2H3,(H,26,27,28)/i3D2,4D2,9D,11D,12D,13D,16D/hD. The third kappa shape index (κ3) is 4.41. The SMILES string of the molecule is [2H]c1nc(N([2H])C2([2H])C([2H])([2H])CN(C([2H])c3cc(Cl)c(F)c(C#N)c3)CC2([2H])[2H])c2c([2H])c(C([2H])(C)C)sc2n1. The maximum Gasteiger partial charge on any atom is 0.162 e. The van der Waals surface area contributed by atoms with Crippen LogP contribution in [-0.4, -0.2) is 34.0 Å². The Morgan fingerprint density at radius 3 is 3.03 bits per heavy atom. The van der Waals surface area contributed by atoms with Crippen molar-refractivity contribution >= 4 is 39.0 Å². The highest BCUT2D eigenvalue weighted by Gasteiger charge is 2.21. The third-order valence-electron chi connectivity index (χ3n) is 4.26. The van der Waals surface area contributed by atoms with Crippen LogP contribution in [0.25, 0.3) is 10.2 Å². The van der Waals surface area contributed by atoms with E-state index in [2.05, 4.69) is 9.97 Å². The van der Waals surface area contributed by atoms with Gasteiger partial charge in [0.05, 0.1) is 18.7 Å². The van der Waals surface area contributed by atoms with Gasteiger partial charge in [0.25, 0.3) is 0 Å². The maximum absolute atomic E-state index is 14.1. The molecule has 1 N–H and O–H groups in total. The Bertz CT molecular complexity index is 1520. The van der Waals surface area contributed by atoms with Crippen molar-refractivity contribution in [2.45, 2.75) is 45.0 Å². The van der Waals surface area contributed by atoms with E-state index in [1.807, 2.05) is 0 Å². The smallest absolute Gasteiger partial charge is 0.162 e. The van der Waals surface area contributed by atoms with E-state index in [0.717, 1.165) is 28.4 Å². The number of aromatic nitrogens is 2. The molecule has 1 aliphatic rings. The average molecular weight is 454 g/mol. The second-order valence-corrected chi connectivity index (χ2v) is 8.11. The molecule has 0 amide bonds. The van der Waals surface area contributed by atoms with E-state index in [9.17, 15) is 9.65 Å². The van der Waals surface area contributed by atoms with Crippen molar-refractivity contribution in [3.05, 3.63) is 51.3 Å². The Kier molecular flexibility index (Phi) is 3.52. The van der Waals surface area contributed by atoms with E-state index in [0.29, 0.717) is 0 Å². The molecule has 0 spiro atoms. The van der Waals surface area contributed by atoms with E-state index in [1.165, 1.54) is 13.8 Å². The number of rotatable bonds is 5. The monoisotopic (exact) mass is 453 g/mol. The van der Waals surface area contributed by atoms with E-state index in [-0.39, 0.29) is 32.0 Å². The van der Waals surface area contributed by atoms with Gasteiger partial charge in [-0.2, -0.15) is 5.26 Å². The first kappa shape index (κ1) is 11.9. The summed E-state index contributed by atoms with van der Waals surface area (Å²) < 4.78 is 100. The van der Waals surface area contributed by atoms with Crippen molar-refractivity contribution in [3.8, 4) is 6.07 Å². The first-order valence-corrected chi connectivity index (χ1v) is 10.1. The number of hydrogen-bond acceptors (Lipinski definition) is 6. The Morgan fingerprint density at radius 1 is 1.57 bits per heavy atom. The normalized spacial score (nSPS) is 26.2. The number of nitrogens with zero attached hydrogens (tertiary/aromatic N) is 4. The fourth-order valence-corrected chi connectivity index (χ4v) is 3.89. The third-order valence-corrected chi connectivity index (χ3v) is 5.73. The fraction of sp³-hybridized carbons (Fsp3) is 0.409. The van der Waals surface area contributed by atoms with Crippen molar-refractivity contribution in [1.82, 2.24) is 14.9 Å². The molecule has 0 bridgehead atoms. The van der Waals surface area contributed by atoms with Crippen LogP contribution in [0.4, 0.5) is 10.2 Å². The van der Waals surface area contributed by atoms with Gasteiger partial charge in [-0.15, -0.1) is 11.3 Å². The lowest BCUT2D eigenvalue weighted by atomic mass is 10.0.